The molecule has 0 aliphatic rings. The molecule has 0 aliphatic heterocycles. The highest BCUT2D eigenvalue weighted by atomic mass is 16.3. The zero-order chi connectivity index (χ0) is 19.0. The van der Waals surface area contributed by atoms with Crippen molar-refractivity contribution in [3.8, 4) is 0 Å². The van der Waals surface area contributed by atoms with Crippen LogP contribution in [0.2, 0.25) is 0 Å². The van der Waals surface area contributed by atoms with Crippen molar-refractivity contribution in [2.45, 2.75) is 59.3 Å². The van der Waals surface area contributed by atoms with Gasteiger partial charge in [-0.1, -0.05) is 33.1 Å². The normalized spacial score (nSPS) is 12.7. The number of guanidine groups is 1. The summed E-state index contributed by atoms with van der Waals surface area (Å²) in [5.41, 5.74) is 0. The highest BCUT2D eigenvalue weighted by Crippen LogP contribution is 2.12. The molecule has 1 rings (SSSR count). The van der Waals surface area contributed by atoms with Gasteiger partial charge in [0.1, 0.15) is 5.76 Å². The van der Waals surface area contributed by atoms with E-state index in [1.54, 1.807) is 6.26 Å². The molecule has 6 heteroatoms. The second kappa shape index (κ2) is 14.2. The molecule has 1 aromatic rings. The molecule has 1 heterocycles. The van der Waals surface area contributed by atoms with E-state index in [2.05, 4.69) is 29.8 Å². The summed E-state index contributed by atoms with van der Waals surface area (Å²) in [4.78, 5) is 15.7. The fourth-order valence-electron chi connectivity index (χ4n) is 2.63. The number of hydrogen-bond donors (Lipinski definition) is 3. The van der Waals surface area contributed by atoms with E-state index in [1.807, 2.05) is 12.1 Å². The molecule has 0 fully saturated rings. The van der Waals surface area contributed by atoms with Gasteiger partial charge in [-0.3, -0.25) is 9.79 Å². The minimum Gasteiger partial charge on any atom is -0.469 e. The van der Waals surface area contributed by atoms with Crippen LogP contribution in [0.4, 0.5) is 0 Å². The Balaban J connectivity index is 2.43. The molecule has 0 saturated heterocycles. The Kier molecular flexibility index (Phi) is 12.1. The second-order valence-corrected chi connectivity index (χ2v) is 6.63. The van der Waals surface area contributed by atoms with Crippen molar-refractivity contribution in [3.63, 3.8) is 0 Å². The number of unbranched alkanes of at least 4 members (excludes halogenated alkanes) is 1. The predicted octanol–water partition coefficient (Wildman–Crippen LogP) is 3.10. The lowest BCUT2D eigenvalue weighted by Gasteiger charge is -2.15. The van der Waals surface area contributed by atoms with E-state index in [0.717, 1.165) is 50.6 Å². The average molecular weight is 365 g/mol. The number of aliphatic imine (C=N–C) groups is 1. The molecule has 0 saturated carbocycles. The summed E-state index contributed by atoms with van der Waals surface area (Å²) in [5, 5.41) is 9.56. The van der Waals surface area contributed by atoms with E-state index >= 15 is 0 Å². The van der Waals surface area contributed by atoms with Crippen LogP contribution in [0.15, 0.2) is 27.8 Å². The highest BCUT2D eigenvalue weighted by molar-refractivity contribution is 5.79. The number of rotatable bonds is 13. The van der Waals surface area contributed by atoms with Gasteiger partial charge < -0.3 is 20.4 Å². The lowest BCUT2D eigenvalue weighted by atomic mass is 10.00. The van der Waals surface area contributed by atoms with Gasteiger partial charge in [0.25, 0.3) is 0 Å². The SMILES string of the molecule is CCCCC(CC)CN=C(NCCCNC(C)=O)NCCc1ccco1. The van der Waals surface area contributed by atoms with Crippen molar-refractivity contribution in [1.82, 2.24) is 16.0 Å². The first-order valence-electron chi connectivity index (χ1n) is 9.94. The van der Waals surface area contributed by atoms with Crippen molar-refractivity contribution in [3.05, 3.63) is 24.2 Å². The van der Waals surface area contributed by atoms with Crippen LogP contribution < -0.4 is 16.0 Å². The van der Waals surface area contributed by atoms with E-state index in [9.17, 15) is 4.79 Å². The first-order valence-corrected chi connectivity index (χ1v) is 9.94. The number of carbonyl (C=O) groups is 1. The van der Waals surface area contributed by atoms with Crippen molar-refractivity contribution in [2.24, 2.45) is 10.9 Å². The van der Waals surface area contributed by atoms with E-state index in [0.29, 0.717) is 12.5 Å². The molecular formula is C20H36N4O2. The van der Waals surface area contributed by atoms with Crippen molar-refractivity contribution in [2.75, 3.05) is 26.2 Å². The molecule has 1 unspecified atom stereocenters. The van der Waals surface area contributed by atoms with Crippen LogP contribution in [0.25, 0.3) is 0 Å². The van der Waals surface area contributed by atoms with Crippen LogP contribution in [0, 0.1) is 5.92 Å². The Bertz CT molecular complexity index is 500. The minimum absolute atomic E-state index is 0.0113. The first-order chi connectivity index (χ1) is 12.7. The first kappa shape index (κ1) is 22.1. The maximum absolute atomic E-state index is 10.9. The van der Waals surface area contributed by atoms with Crippen molar-refractivity contribution < 1.29 is 9.21 Å². The number of nitrogens with zero attached hydrogens (tertiary/aromatic N) is 1. The summed E-state index contributed by atoms with van der Waals surface area (Å²) in [5.74, 6) is 2.46. The van der Waals surface area contributed by atoms with Gasteiger partial charge >= 0.3 is 0 Å². The molecule has 1 aromatic heterocycles. The van der Waals surface area contributed by atoms with E-state index in [1.165, 1.54) is 26.2 Å². The fraction of sp³-hybridized carbons (Fsp3) is 0.700. The van der Waals surface area contributed by atoms with E-state index in [4.69, 9.17) is 9.41 Å². The Hall–Kier alpha value is -1.98. The molecule has 0 aromatic carbocycles. The highest BCUT2D eigenvalue weighted by Gasteiger charge is 2.06. The third-order valence-electron chi connectivity index (χ3n) is 4.31. The number of furan rings is 1. The van der Waals surface area contributed by atoms with Crippen molar-refractivity contribution in [1.29, 1.82) is 0 Å². The second-order valence-electron chi connectivity index (χ2n) is 6.63. The van der Waals surface area contributed by atoms with Crippen molar-refractivity contribution >= 4 is 11.9 Å². The van der Waals surface area contributed by atoms with E-state index in [-0.39, 0.29) is 5.91 Å². The zero-order valence-electron chi connectivity index (χ0n) is 16.6. The third-order valence-corrected chi connectivity index (χ3v) is 4.31. The number of hydrogen-bond acceptors (Lipinski definition) is 3. The molecule has 1 amide bonds. The minimum atomic E-state index is 0.0113. The monoisotopic (exact) mass is 364 g/mol. The molecule has 26 heavy (non-hydrogen) atoms. The summed E-state index contributed by atoms with van der Waals surface area (Å²) in [7, 11) is 0. The lowest BCUT2D eigenvalue weighted by molar-refractivity contribution is -0.118. The van der Waals surface area contributed by atoms with Gasteiger partial charge in [0.2, 0.25) is 5.91 Å². The van der Waals surface area contributed by atoms with Gasteiger partial charge in [-0.25, -0.2) is 0 Å². The van der Waals surface area contributed by atoms with Gasteiger partial charge in [0.05, 0.1) is 6.26 Å². The Morgan fingerprint density at radius 3 is 2.58 bits per heavy atom. The van der Waals surface area contributed by atoms with Crippen LogP contribution in [-0.4, -0.2) is 38.0 Å². The van der Waals surface area contributed by atoms with Crippen LogP contribution in [0.3, 0.4) is 0 Å². The Morgan fingerprint density at radius 2 is 1.92 bits per heavy atom. The standard InChI is InChI=1S/C20H36N4O2/c1-4-6-9-18(5-2)16-24-20(22-13-8-12-21-17(3)25)23-14-11-19-10-7-15-26-19/h7,10,15,18H,4-6,8-9,11-14,16H2,1-3H3,(H,21,25)(H2,22,23,24). The van der Waals surface area contributed by atoms with Gasteiger partial charge in [0.15, 0.2) is 5.96 Å². The molecule has 0 radical (unpaired) electrons. The number of nitrogens with one attached hydrogen (secondary N) is 3. The summed E-state index contributed by atoms with van der Waals surface area (Å²) in [6.07, 6.45) is 8.28. The average Bonchev–Trinajstić information content (AvgIpc) is 3.14. The third kappa shape index (κ3) is 10.8. The molecule has 0 aliphatic carbocycles. The smallest absolute Gasteiger partial charge is 0.216 e. The summed E-state index contributed by atoms with van der Waals surface area (Å²) >= 11 is 0. The van der Waals surface area contributed by atoms with Crippen LogP contribution >= 0.6 is 0 Å². The number of amides is 1. The zero-order valence-corrected chi connectivity index (χ0v) is 16.6. The quantitative estimate of drug-likeness (QED) is 0.285. The largest absolute Gasteiger partial charge is 0.469 e. The van der Waals surface area contributed by atoms with Crippen LogP contribution in [0.5, 0.6) is 0 Å². The summed E-state index contributed by atoms with van der Waals surface area (Å²) in [6.45, 7) is 9.08. The lowest BCUT2D eigenvalue weighted by Crippen LogP contribution is -2.40. The van der Waals surface area contributed by atoms with Gasteiger partial charge in [0, 0.05) is 39.5 Å². The van der Waals surface area contributed by atoms with Crippen LogP contribution in [0.1, 0.15) is 58.6 Å². The maximum atomic E-state index is 10.9. The molecule has 3 N–H and O–H groups in total. The van der Waals surface area contributed by atoms with E-state index < -0.39 is 0 Å². The fourth-order valence-corrected chi connectivity index (χ4v) is 2.63. The number of carbonyl (C=O) groups excluding carboxylic acids is 1. The van der Waals surface area contributed by atoms with Gasteiger partial charge in [-0.15, -0.1) is 0 Å². The molecular weight excluding hydrogens is 328 g/mol. The molecule has 0 spiro atoms. The summed E-state index contributed by atoms with van der Waals surface area (Å²) < 4.78 is 5.37. The molecule has 6 nitrogen and oxygen atoms in total. The molecule has 148 valence electrons. The topological polar surface area (TPSA) is 78.7 Å². The summed E-state index contributed by atoms with van der Waals surface area (Å²) in [6, 6.07) is 3.89. The Morgan fingerprint density at radius 1 is 1.15 bits per heavy atom. The Labute approximate surface area is 158 Å². The van der Waals surface area contributed by atoms with Gasteiger partial charge in [-0.05, 0) is 30.9 Å². The molecule has 1 atom stereocenters. The van der Waals surface area contributed by atoms with Gasteiger partial charge in [-0.2, -0.15) is 0 Å². The van der Waals surface area contributed by atoms with Crippen LogP contribution in [-0.2, 0) is 11.2 Å². The molecule has 0 bridgehead atoms. The maximum Gasteiger partial charge on any atom is 0.216 e. The predicted molar refractivity (Wildman–Crippen MR) is 107 cm³/mol.